The maximum Gasteiger partial charge on any atom is 0.129 e. The lowest BCUT2D eigenvalue weighted by Crippen LogP contribution is -2.23. The number of aryl methyl sites for hydroxylation is 1. The number of nitrogens with one attached hydrogen (secondary N) is 1. The fourth-order valence-electron chi connectivity index (χ4n) is 4.36. The molecule has 5 heteroatoms. The van der Waals surface area contributed by atoms with Gasteiger partial charge >= 0.3 is 0 Å². The minimum absolute atomic E-state index is 0.178. The summed E-state index contributed by atoms with van der Waals surface area (Å²) in [5.41, 5.74) is 7.00. The highest BCUT2D eigenvalue weighted by atomic mass is 19.1. The molecule has 2 heterocycles. The van der Waals surface area contributed by atoms with Gasteiger partial charge in [0.25, 0.3) is 0 Å². The molecule has 1 aliphatic carbocycles. The smallest absolute Gasteiger partial charge is 0.129 e. The van der Waals surface area contributed by atoms with E-state index in [1.165, 1.54) is 11.1 Å². The van der Waals surface area contributed by atoms with Gasteiger partial charge < -0.3 is 4.74 Å². The summed E-state index contributed by atoms with van der Waals surface area (Å²) in [7, 11) is 0. The first-order valence-electron chi connectivity index (χ1n) is 9.85. The van der Waals surface area contributed by atoms with Crippen LogP contribution in [-0.2, 0) is 19.3 Å². The average molecular weight is 375 g/mol. The van der Waals surface area contributed by atoms with E-state index in [0.717, 1.165) is 53.1 Å². The van der Waals surface area contributed by atoms with E-state index in [2.05, 4.69) is 28.4 Å². The van der Waals surface area contributed by atoms with Crippen molar-refractivity contribution in [2.45, 2.75) is 32.6 Å². The monoisotopic (exact) mass is 375 g/mol. The molecule has 0 spiro atoms. The molecule has 142 valence electrons. The molecule has 0 amide bonds. The number of rotatable bonds is 4. The Labute approximate surface area is 163 Å². The summed E-state index contributed by atoms with van der Waals surface area (Å²) in [5, 5.41) is 6.74. The predicted molar refractivity (Wildman–Crippen MR) is 108 cm³/mol. The topological polar surface area (TPSA) is 50.3 Å². The normalized spacial score (nSPS) is 17.8. The van der Waals surface area contributed by atoms with Gasteiger partial charge in [-0.15, -0.1) is 0 Å². The number of benzene rings is 2. The summed E-state index contributed by atoms with van der Waals surface area (Å²) >= 11 is 0. The van der Waals surface area contributed by atoms with E-state index in [1.54, 1.807) is 18.5 Å². The molecule has 0 saturated heterocycles. The Hall–Kier alpha value is -2.95. The van der Waals surface area contributed by atoms with Gasteiger partial charge in [-0.05, 0) is 67.1 Å². The first-order valence-corrected chi connectivity index (χ1v) is 9.85. The van der Waals surface area contributed by atoms with Crippen LogP contribution in [0.15, 0.2) is 47.7 Å². The number of aromatic nitrogens is 2. The largest absolute Gasteiger partial charge is 0.494 e. The molecule has 1 N–H and O–H groups in total. The molecular formula is C23H22FN3O. The van der Waals surface area contributed by atoms with E-state index >= 15 is 0 Å². The zero-order valence-corrected chi connectivity index (χ0v) is 15.8. The maximum absolute atomic E-state index is 14.7. The van der Waals surface area contributed by atoms with Gasteiger partial charge in [-0.25, -0.2) is 4.39 Å². The van der Waals surface area contributed by atoms with Crippen molar-refractivity contribution >= 4 is 11.4 Å². The second-order valence-corrected chi connectivity index (χ2v) is 7.53. The number of hydrogen-bond donors (Lipinski definition) is 1. The molecule has 1 unspecified atom stereocenters. The lowest BCUT2D eigenvalue weighted by Gasteiger charge is -2.25. The van der Waals surface area contributed by atoms with Crippen molar-refractivity contribution in [1.82, 2.24) is 10.2 Å². The summed E-state index contributed by atoms with van der Waals surface area (Å²) in [6.45, 7) is 2.67. The number of aromatic amines is 1. The molecule has 1 aromatic heterocycles. The highest BCUT2D eigenvalue weighted by molar-refractivity contribution is 5.96. The second-order valence-electron chi connectivity index (χ2n) is 7.53. The predicted octanol–water partition coefficient (Wildman–Crippen LogP) is 5.05. The van der Waals surface area contributed by atoms with Crippen molar-refractivity contribution in [3.8, 4) is 16.9 Å². The van der Waals surface area contributed by atoms with E-state index in [-0.39, 0.29) is 5.82 Å². The van der Waals surface area contributed by atoms with Crippen molar-refractivity contribution < 1.29 is 9.13 Å². The van der Waals surface area contributed by atoms with Gasteiger partial charge in [0.15, 0.2) is 0 Å². The third kappa shape index (κ3) is 3.01. The summed E-state index contributed by atoms with van der Waals surface area (Å²) in [6, 6.07) is 9.95. The van der Waals surface area contributed by atoms with Gasteiger partial charge in [0.05, 0.1) is 18.5 Å². The second kappa shape index (κ2) is 6.89. The summed E-state index contributed by atoms with van der Waals surface area (Å²) in [4.78, 5) is 4.85. The Morgan fingerprint density at radius 1 is 1.18 bits per heavy atom. The summed E-state index contributed by atoms with van der Waals surface area (Å²) in [6.07, 6.45) is 7.12. The van der Waals surface area contributed by atoms with E-state index in [0.29, 0.717) is 18.9 Å². The molecule has 0 saturated carbocycles. The van der Waals surface area contributed by atoms with Gasteiger partial charge in [-0.1, -0.05) is 6.07 Å². The third-order valence-electron chi connectivity index (χ3n) is 5.81. The zero-order chi connectivity index (χ0) is 19.1. The number of halogens is 1. The quantitative estimate of drug-likeness (QED) is 0.694. The van der Waals surface area contributed by atoms with Crippen LogP contribution in [0.1, 0.15) is 30.0 Å². The first-order chi connectivity index (χ1) is 13.7. The van der Waals surface area contributed by atoms with Crippen LogP contribution in [0.25, 0.3) is 11.1 Å². The van der Waals surface area contributed by atoms with Gasteiger partial charge in [0.1, 0.15) is 11.6 Å². The molecular weight excluding hydrogens is 353 g/mol. The Morgan fingerprint density at radius 2 is 2.11 bits per heavy atom. The molecule has 28 heavy (non-hydrogen) atoms. The number of aliphatic imine (C=N–C) groups is 1. The lowest BCUT2D eigenvalue weighted by atomic mass is 9.80. The standard InChI is InChI=1S/C23H22FN3O/c1-2-28-19-6-5-14-3-4-15(7-16(14)8-19)22-11-20-21(24)9-17(10-23(20)27-22)18-12-25-26-13-18/h5-6,8-10,12-13,15H,2-4,7,11H2,1H3,(H,25,26). The van der Waals surface area contributed by atoms with Crippen LogP contribution in [0.4, 0.5) is 10.1 Å². The van der Waals surface area contributed by atoms with Crippen molar-refractivity contribution in [2.24, 2.45) is 10.9 Å². The number of H-pyrrole nitrogens is 1. The van der Waals surface area contributed by atoms with Crippen LogP contribution < -0.4 is 4.74 Å². The lowest BCUT2D eigenvalue weighted by molar-refractivity contribution is 0.339. The van der Waals surface area contributed by atoms with Crippen LogP contribution in [0, 0.1) is 11.7 Å². The Bertz CT molecular complexity index is 1060. The zero-order valence-electron chi connectivity index (χ0n) is 15.8. The molecule has 0 radical (unpaired) electrons. The number of hydrogen-bond acceptors (Lipinski definition) is 3. The van der Waals surface area contributed by atoms with Crippen molar-refractivity contribution in [1.29, 1.82) is 0 Å². The molecule has 4 nitrogen and oxygen atoms in total. The van der Waals surface area contributed by atoms with Crippen LogP contribution in [0.5, 0.6) is 5.75 Å². The van der Waals surface area contributed by atoms with Crippen molar-refractivity contribution in [2.75, 3.05) is 6.61 Å². The average Bonchev–Trinajstić information content (AvgIpc) is 3.38. The van der Waals surface area contributed by atoms with Gasteiger partial charge in [-0.3, -0.25) is 10.1 Å². The minimum Gasteiger partial charge on any atom is -0.494 e. The summed E-state index contributed by atoms with van der Waals surface area (Å²) in [5.74, 6) is 1.10. The van der Waals surface area contributed by atoms with E-state index in [1.807, 2.05) is 13.0 Å². The highest BCUT2D eigenvalue weighted by Crippen LogP contribution is 2.38. The minimum atomic E-state index is -0.178. The van der Waals surface area contributed by atoms with Crippen LogP contribution in [0.3, 0.4) is 0 Å². The van der Waals surface area contributed by atoms with Gasteiger partial charge in [0.2, 0.25) is 0 Å². The third-order valence-corrected chi connectivity index (χ3v) is 5.81. The van der Waals surface area contributed by atoms with E-state index < -0.39 is 0 Å². The highest BCUT2D eigenvalue weighted by Gasteiger charge is 2.28. The fraction of sp³-hybridized carbons (Fsp3) is 0.304. The van der Waals surface area contributed by atoms with Crippen molar-refractivity contribution in [3.63, 3.8) is 0 Å². The van der Waals surface area contributed by atoms with Crippen LogP contribution in [0.2, 0.25) is 0 Å². The maximum atomic E-state index is 14.7. The number of fused-ring (bicyclic) bond motifs is 2. The van der Waals surface area contributed by atoms with Gasteiger partial charge in [-0.2, -0.15) is 5.10 Å². The SMILES string of the molecule is CCOc1ccc2c(c1)CC(C1=Nc3cc(-c4cn[nH]c4)cc(F)c3C1)CC2. The Morgan fingerprint density at radius 3 is 2.93 bits per heavy atom. The number of nitrogens with zero attached hydrogens (tertiary/aromatic N) is 2. The van der Waals surface area contributed by atoms with E-state index in [9.17, 15) is 4.39 Å². The Kier molecular flexibility index (Phi) is 4.23. The first kappa shape index (κ1) is 17.2. The molecule has 2 aromatic carbocycles. The molecule has 1 aliphatic heterocycles. The summed E-state index contributed by atoms with van der Waals surface area (Å²) < 4.78 is 20.4. The van der Waals surface area contributed by atoms with Crippen molar-refractivity contribution in [3.05, 3.63) is 65.2 Å². The van der Waals surface area contributed by atoms with E-state index in [4.69, 9.17) is 9.73 Å². The number of ether oxygens (including phenoxy) is 1. The molecule has 1 atom stereocenters. The molecule has 0 bridgehead atoms. The Balaban J connectivity index is 1.42. The molecule has 2 aliphatic rings. The molecule has 3 aromatic rings. The van der Waals surface area contributed by atoms with Gasteiger partial charge in [0, 0.05) is 35.4 Å². The molecule has 0 fully saturated rings. The van der Waals surface area contributed by atoms with Crippen LogP contribution in [-0.4, -0.2) is 22.5 Å². The van der Waals surface area contributed by atoms with Crippen LogP contribution >= 0.6 is 0 Å². The fourth-order valence-corrected chi connectivity index (χ4v) is 4.36. The molecule has 5 rings (SSSR count).